The van der Waals surface area contributed by atoms with E-state index in [1.807, 2.05) is 13.8 Å². The third kappa shape index (κ3) is 2.15. The van der Waals surface area contributed by atoms with Gasteiger partial charge in [0.1, 0.15) is 0 Å². The van der Waals surface area contributed by atoms with Crippen molar-refractivity contribution in [2.24, 2.45) is 0 Å². The SMILES string of the molecule is COc1c(F)cc(Cl)c(C)c1C(C)(C)CO. The maximum absolute atomic E-state index is 13.7. The minimum absolute atomic E-state index is 0.107. The van der Waals surface area contributed by atoms with Crippen LogP contribution in [0.5, 0.6) is 5.75 Å². The summed E-state index contributed by atoms with van der Waals surface area (Å²) in [4.78, 5) is 0. The Labute approximate surface area is 100.0 Å². The van der Waals surface area contributed by atoms with E-state index in [4.69, 9.17) is 16.3 Å². The summed E-state index contributed by atoms with van der Waals surface area (Å²) in [7, 11) is 1.41. The van der Waals surface area contributed by atoms with Crippen LogP contribution in [-0.2, 0) is 5.41 Å². The van der Waals surface area contributed by atoms with Crippen LogP contribution in [0.25, 0.3) is 0 Å². The quantitative estimate of drug-likeness (QED) is 0.888. The van der Waals surface area contributed by atoms with Gasteiger partial charge >= 0.3 is 0 Å². The Morgan fingerprint density at radius 1 is 1.50 bits per heavy atom. The first-order chi connectivity index (χ1) is 7.35. The van der Waals surface area contributed by atoms with Crippen molar-refractivity contribution in [3.05, 3.63) is 28.0 Å². The predicted molar refractivity (Wildman–Crippen MR) is 62.8 cm³/mol. The van der Waals surface area contributed by atoms with Crippen LogP contribution in [-0.4, -0.2) is 18.8 Å². The topological polar surface area (TPSA) is 29.5 Å². The van der Waals surface area contributed by atoms with Crippen LogP contribution in [0.3, 0.4) is 0 Å². The van der Waals surface area contributed by atoms with E-state index in [0.29, 0.717) is 10.6 Å². The largest absolute Gasteiger partial charge is 0.493 e. The van der Waals surface area contributed by atoms with Gasteiger partial charge in [-0.1, -0.05) is 25.4 Å². The van der Waals surface area contributed by atoms with Crippen LogP contribution in [0, 0.1) is 12.7 Å². The van der Waals surface area contributed by atoms with Crippen molar-refractivity contribution in [3.63, 3.8) is 0 Å². The van der Waals surface area contributed by atoms with Crippen LogP contribution in [0.2, 0.25) is 5.02 Å². The second-order valence-corrected chi connectivity index (χ2v) is 4.82. The zero-order valence-corrected chi connectivity index (χ0v) is 10.7. The van der Waals surface area contributed by atoms with Gasteiger partial charge in [0.05, 0.1) is 13.7 Å². The maximum Gasteiger partial charge on any atom is 0.166 e. The Morgan fingerprint density at radius 2 is 2.06 bits per heavy atom. The lowest BCUT2D eigenvalue weighted by Gasteiger charge is -2.27. The maximum atomic E-state index is 13.7. The van der Waals surface area contributed by atoms with Crippen molar-refractivity contribution in [1.29, 1.82) is 0 Å². The molecule has 2 nitrogen and oxygen atoms in total. The average Bonchev–Trinajstić information content (AvgIpc) is 2.22. The van der Waals surface area contributed by atoms with Gasteiger partial charge in [0.15, 0.2) is 11.6 Å². The van der Waals surface area contributed by atoms with Crippen LogP contribution < -0.4 is 4.74 Å². The number of ether oxygens (including phenoxy) is 1. The molecule has 16 heavy (non-hydrogen) atoms. The first-order valence-electron chi connectivity index (χ1n) is 4.99. The molecular formula is C12H16ClFO2. The number of aliphatic hydroxyl groups excluding tert-OH is 1. The van der Waals surface area contributed by atoms with Gasteiger partial charge in [0.2, 0.25) is 0 Å². The second-order valence-electron chi connectivity index (χ2n) is 4.42. The number of halogens is 2. The molecule has 0 amide bonds. The molecule has 0 fully saturated rings. The van der Waals surface area contributed by atoms with Gasteiger partial charge in [-0.25, -0.2) is 4.39 Å². The summed E-state index contributed by atoms with van der Waals surface area (Å²) in [6.07, 6.45) is 0. The van der Waals surface area contributed by atoms with E-state index in [-0.39, 0.29) is 12.4 Å². The van der Waals surface area contributed by atoms with E-state index in [2.05, 4.69) is 0 Å². The number of rotatable bonds is 3. The molecule has 0 saturated heterocycles. The van der Waals surface area contributed by atoms with E-state index in [0.717, 1.165) is 5.56 Å². The van der Waals surface area contributed by atoms with Crippen molar-refractivity contribution in [2.45, 2.75) is 26.2 Å². The normalized spacial score (nSPS) is 11.7. The fourth-order valence-electron chi connectivity index (χ4n) is 1.79. The molecule has 0 aliphatic carbocycles. The first kappa shape index (κ1) is 13.3. The monoisotopic (exact) mass is 246 g/mol. The Hall–Kier alpha value is -0.800. The molecule has 0 heterocycles. The van der Waals surface area contributed by atoms with E-state index in [1.54, 1.807) is 6.92 Å². The molecular weight excluding hydrogens is 231 g/mol. The highest BCUT2D eigenvalue weighted by molar-refractivity contribution is 6.31. The van der Waals surface area contributed by atoms with E-state index in [9.17, 15) is 9.50 Å². The van der Waals surface area contributed by atoms with Gasteiger partial charge in [0.25, 0.3) is 0 Å². The molecule has 4 heteroatoms. The Balaban J connectivity index is 3.57. The lowest BCUT2D eigenvalue weighted by molar-refractivity contribution is 0.213. The summed E-state index contributed by atoms with van der Waals surface area (Å²) in [5.41, 5.74) is 0.753. The van der Waals surface area contributed by atoms with Crippen molar-refractivity contribution in [3.8, 4) is 5.75 Å². The minimum Gasteiger partial charge on any atom is -0.493 e. The molecule has 0 aromatic heterocycles. The van der Waals surface area contributed by atoms with Gasteiger partial charge in [0, 0.05) is 16.0 Å². The highest BCUT2D eigenvalue weighted by Gasteiger charge is 2.29. The highest BCUT2D eigenvalue weighted by atomic mass is 35.5. The van der Waals surface area contributed by atoms with Crippen molar-refractivity contribution < 1.29 is 14.2 Å². The summed E-state index contributed by atoms with van der Waals surface area (Å²) < 4.78 is 18.7. The van der Waals surface area contributed by atoms with Crippen LogP contribution >= 0.6 is 11.6 Å². The number of benzene rings is 1. The molecule has 0 unspecified atom stereocenters. The standard InChI is InChI=1S/C12H16ClFO2/c1-7-8(13)5-9(14)11(16-4)10(7)12(2,3)6-15/h5,15H,6H2,1-4H3. The molecule has 0 radical (unpaired) electrons. The molecule has 0 bridgehead atoms. The van der Waals surface area contributed by atoms with Crippen LogP contribution in [0.15, 0.2) is 6.07 Å². The molecule has 1 rings (SSSR count). The summed E-state index contributed by atoms with van der Waals surface area (Å²) in [5.74, 6) is -0.351. The third-order valence-electron chi connectivity index (χ3n) is 2.71. The van der Waals surface area contributed by atoms with Gasteiger partial charge in [-0.15, -0.1) is 0 Å². The summed E-state index contributed by atoms with van der Waals surface area (Å²) in [5, 5.41) is 9.70. The van der Waals surface area contributed by atoms with Crippen molar-refractivity contribution in [2.75, 3.05) is 13.7 Å². The fraction of sp³-hybridized carbons (Fsp3) is 0.500. The van der Waals surface area contributed by atoms with Crippen LogP contribution in [0.4, 0.5) is 4.39 Å². The molecule has 0 aliphatic heterocycles. The van der Waals surface area contributed by atoms with E-state index >= 15 is 0 Å². The molecule has 0 atom stereocenters. The van der Waals surface area contributed by atoms with Gasteiger partial charge in [-0.2, -0.15) is 0 Å². The Bertz CT molecular complexity index is 402. The van der Waals surface area contributed by atoms with E-state index < -0.39 is 11.2 Å². The Morgan fingerprint density at radius 3 is 2.50 bits per heavy atom. The molecule has 0 aliphatic rings. The number of aliphatic hydroxyl groups is 1. The van der Waals surface area contributed by atoms with Gasteiger partial charge in [-0.3, -0.25) is 0 Å². The molecule has 0 saturated carbocycles. The number of methoxy groups -OCH3 is 1. The lowest BCUT2D eigenvalue weighted by atomic mass is 9.82. The zero-order chi connectivity index (χ0) is 12.5. The molecule has 1 aromatic rings. The van der Waals surface area contributed by atoms with E-state index in [1.165, 1.54) is 13.2 Å². The molecule has 0 spiro atoms. The molecule has 1 N–H and O–H groups in total. The zero-order valence-electron chi connectivity index (χ0n) is 9.90. The van der Waals surface area contributed by atoms with Crippen molar-refractivity contribution >= 4 is 11.6 Å². The smallest absolute Gasteiger partial charge is 0.166 e. The summed E-state index contributed by atoms with van der Waals surface area (Å²) in [6.45, 7) is 5.31. The number of hydrogen-bond donors (Lipinski definition) is 1. The fourth-order valence-corrected chi connectivity index (χ4v) is 1.98. The van der Waals surface area contributed by atoms with Crippen molar-refractivity contribution in [1.82, 2.24) is 0 Å². The summed E-state index contributed by atoms with van der Waals surface area (Å²) >= 11 is 5.93. The summed E-state index contributed by atoms with van der Waals surface area (Å²) in [6, 6.07) is 1.23. The molecule has 90 valence electrons. The highest BCUT2D eigenvalue weighted by Crippen LogP contribution is 2.39. The van der Waals surface area contributed by atoms with Gasteiger partial charge < -0.3 is 9.84 Å². The Kier molecular flexibility index (Phi) is 3.81. The van der Waals surface area contributed by atoms with Gasteiger partial charge in [-0.05, 0) is 18.6 Å². The number of hydrogen-bond acceptors (Lipinski definition) is 2. The first-order valence-corrected chi connectivity index (χ1v) is 5.37. The minimum atomic E-state index is -0.596. The predicted octanol–water partition coefficient (Wildman–Crippen LogP) is 3.07. The third-order valence-corrected chi connectivity index (χ3v) is 3.10. The molecule has 1 aromatic carbocycles. The lowest BCUT2D eigenvalue weighted by Crippen LogP contribution is -2.24. The second kappa shape index (κ2) is 4.60. The average molecular weight is 247 g/mol. The van der Waals surface area contributed by atoms with Crippen LogP contribution in [0.1, 0.15) is 25.0 Å².